The number of carbonyl (C=O) groups is 2. The van der Waals surface area contributed by atoms with Gasteiger partial charge >= 0.3 is 0 Å². The van der Waals surface area contributed by atoms with Crippen LogP contribution in [0.15, 0.2) is 70.9 Å². The lowest BCUT2D eigenvalue weighted by Gasteiger charge is -2.24. The molecule has 1 atom stereocenters. The molecule has 32 heavy (non-hydrogen) atoms. The summed E-state index contributed by atoms with van der Waals surface area (Å²) in [5.41, 5.74) is 0.748. The third kappa shape index (κ3) is 3.94. The van der Waals surface area contributed by atoms with Gasteiger partial charge in [0.25, 0.3) is 11.7 Å². The number of Topliss-reactive ketones (excluding diaryl/α,β-unsaturated/α-hetero) is 1. The summed E-state index contributed by atoms with van der Waals surface area (Å²) in [5.74, 6) is -0.959. The lowest BCUT2D eigenvalue weighted by molar-refractivity contribution is -0.140. The lowest BCUT2D eigenvalue weighted by Crippen LogP contribution is -2.29. The number of hydrogen-bond donors (Lipinski definition) is 2. The predicted molar refractivity (Wildman–Crippen MR) is 117 cm³/mol. The van der Waals surface area contributed by atoms with E-state index in [1.54, 1.807) is 42.5 Å². The van der Waals surface area contributed by atoms with Crippen molar-refractivity contribution in [1.29, 1.82) is 0 Å². The number of halogens is 1. The summed E-state index contributed by atoms with van der Waals surface area (Å²) in [7, 11) is 0. The van der Waals surface area contributed by atoms with Crippen molar-refractivity contribution in [2.45, 2.75) is 19.5 Å². The number of aliphatic hydroxyl groups is 1. The van der Waals surface area contributed by atoms with Crippen LogP contribution < -0.4 is 4.74 Å². The Morgan fingerprint density at radius 1 is 1.16 bits per heavy atom. The number of benzene rings is 2. The maximum absolute atomic E-state index is 13.0. The molecule has 0 radical (unpaired) electrons. The molecule has 8 heteroatoms. The smallest absolute Gasteiger partial charge is 0.296 e. The lowest BCUT2D eigenvalue weighted by atomic mass is 9.95. The molecule has 1 unspecified atom stereocenters. The standard InChI is InChI=1S/C24H20ClNO6/c1-2-31-16-8-5-14(6-9-16)22(28)20-21(15-7-10-19(27)18(25)12-15)26(24(30)23(20)29)13-17-4-3-11-32-17/h3-12,21,27-28H,2,13H2,1H3/b22-20-. The molecule has 1 aromatic heterocycles. The number of aliphatic hydroxyl groups excluding tert-OH is 1. The molecule has 0 spiro atoms. The number of amides is 1. The van der Waals surface area contributed by atoms with E-state index in [1.807, 2.05) is 6.92 Å². The number of furan rings is 1. The van der Waals surface area contributed by atoms with Gasteiger partial charge in [-0.3, -0.25) is 9.59 Å². The van der Waals surface area contributed by atoms with Crippen molar-refractivity contribution >= 4 is 29.1 Å². The van der Waals surface area contributed by atoms with Crippen LogP contribution in [0.25, 0.3) is 5.76 Å². The Morgan fingerprint density at radius 3 is 2.53 bits per heavy atom. The molecule has 2 N–H and O–H groups in total. The zero-order valence-corrected chi connectivity index (χ0v) is 17.9. The minimum Gasteiger partial charge on any atom is -0.507 e. The fraction of sp³-hybridized carbons (Fsp3) is 0.167. The second-order valence-electron chi connectivity index (χ2n) is 7.17. The van der Waals surface area contributed by atoms with Gasteiger partial charge in [-0.2, -0.15) is 0 Å². The molecule has 0 bridgehead atoms. The number of ketones is 1. The van der Waals surface area contributed by atoms with Crippen LogP contribution in [-0.2, 0) is 16.1 Å². The van der Waals surface area contributed by atoms with E-state index < -0.39 is 17.7 Å². The molecule has 0 saturated carbocycles. The van der Waals surface area contributed by atoms with Gasteiger partial charge in [-0.1, -0.05) is 17.7 Å². The first-order valence-corrected chi connectivity index (χ1v) is 10.3. The van der Waals surface area contributed by atoms with Crippen molar-refractivity contribution in [3.8, 4) is 11.5 Å². The molecule has 1 amide bonds. The van der Waals surface area contributed by atoms with Gasteiger partial charge in [0.05, 0.1) is 36.1 Å². The maximum Gasteiger partial charge on any atom is 0.296 e. The van der Waals surface area contributed by atoms with Gasteiger partial charge in [-0.25, -0.2) is 0 Å². The molecule has 3 aromatic rings. The summed E-state index contributed by atoms with van der Waals surface area (Å²) in [6.07, 6.45) is 1.47. The zero-order chi connectivity index (χ0) is 22.8. The highest BCUT2D eigenvalue weighted by Gasteiger charge is 2.46. The highest BCUT2D eigenvalue weighted by atomic mass is 35.5. The average Bonchev–Trinajstić information content (AvgIpc) is 3.38. The number of rotatable bonds is 6. The quantitative estimate of drug-likeness (QED) is 0.320. The van der Waals surface area contributed by atoms with Gasteiger partial charge in [-0.15, -0.1) is 0 Å². The van der Waals surface area contributed by atoms with Crippen LogP contribution in [0, 0.1) is 0 Å². The third-order valence-electron chi connectivity index (χ3n) is 5.17. The molecule has 4 rings (SSSR count). The van der Waals surface area contributed by atoms with Gasteiger partial charge < -0.3 is 24.3 Å². The molecular weight excluding hydrogens is 434 g/mol. The Morgan fingerprint density at radius 2 is 1.91 bits per heavy atom. The van der Waals surface area contributed by atoms with Gasteiger partial charge in [0, 0.05) is 5.56 Å². The third-order valence-corrected chi connectivity index (χ3v) is 5.48. The molecule has 7 nitrogen and oxygen atoms in total. The molecule has 1 fully saturated rings. The number of aromatic hydroxyl groups is 1. The monoisotopic (exact) mass is 453 g/mol. The molecule has 1 aliphatic heterocycles. The van der Waals surface area contributed by atoms with Crippen LogP contribution in [0.3, 0.4) is 0 Å². The van der Waals surface area contributed by atoms with Crippen LogP contribution in [0.1, 0.15) is 29.9 Å². The molecule has 1 saturated heterocycles. The van der Waals surface area contributed by atoms with E-state index in [4.69, 9.17) is 20.8 Å². The van der Waals surface area contributed by atoms with E-state index in [9.17, 15) is 19.8 Å². The second-order valence-corrected chi connectivity index (χ2v) is 7.58. The molecular formula is C24H20ClNO6. The first-order valence-electron chi connectivity index (χ1n) is 9.93. The summed E-state index contributed by atoms with van der Waals surface area (Å²) in [6.45, 7) is 2.36. The van der Waals surface area contributed by atoms with Gasteiger partial charge in [-0.05, 0) is 61.0 Å². The van der Waals surface area contributed by atoms with E-state index in [2.05, 4.69) is 0 Å². The Bertz CT molecular complexity index is 1180. The number of carbonyl (C=O) groups excluding carboxylic acids is 2. The Kier molecular flexibility index (Phi) is 5.92. The number of nitrogens with zero attached hydrogens (tertiary/aromatic N) is 1. The highest BCUT2D eigenvalue weighted by Crippen LogP contribution is 2.42. The Balaban J connectivity index is 1.84. The summed E-state index contributed by atoms with van der Waals surface area (Å²) in [4.78, 5) is 27.3. The van der Waals surface area contributed by atoms with Crippen LogP contribution in [-0.4, -0.2) is 33.4 Å². The first kappa shape index (κ1) is 21.5. The van der Waals surface area contributed by atoms with Gasteiger partial charge in [0.2, 0.25) is 0 Å². The molecule has 2 heterocycles. The number of likely N-dealkylation sites (tertiary alicyclic amines) is 1. The summed E-state index contributed by atoms with van der Waals surface area (Å²) < 4.78 is 10.8. The Labute approximate surface area is 189 Å². The second kappa shape index (κ2) is 8.80. The Hall–Kier alpha value is -3.71. The average molecular weight is 454 g/mol. The fourth-order valence-corrected chi connectivity index (χ4v) is 3.87. The van der Waals surface area contributed by atoms with Crippen molar-refractivity contribution in [2.75, 3.05) is 6.61 Å². The fourth-order valence-electron chi connectivity index (χ4n) is 3.68. The van der Waals surface area contributed by atoms with Crippen molar-refractivity contribution < 1.29 is 29.0 Å². The highest BCUT2D eigenvalue weighted by molar-refractivity contribution is 6.46. The van der Waals surface area contributed by atoms with Crippen molar-refractivity contribution in [1.82, 2.24) is 4.90 Å². The number of hydrogen-bond acceptors (Lipinski definition) is 6. The molecule has 2 aromatic carbocycles. The van der Waals surface area contributed by atoms with Gasteiger partial charge in [0.1, 0.15) is 23.0 Å². The largest absolute Gasteiger partial charge is 0.507 e. The summed E-state index contributed by atoms with van der Waals surface area (Å²) >= 11 is 6.10. The van der Waals surface area contributed by atoms with Gasteiger partial charge in [0.15, 0.2) is 0 Å². The first-order chi connectivity index (χ1) is 15.4. The van der Waals surface area contributed by atoms with Crippen molar-refractivity contribution in [2.24, 2.45) is 0 Å². The van der Waals surface area contributed by atoms with E-state index >= 15 is 0 Å². The van der Waals surface area contributed by atoms with Crippen molar-refractivity contribution in [3.63, 3.8) is 0 Å². The molecule has 0 aliphatic carbocycles. The topological polar surface area (TPSA) is 100 Å². The van der Waals surface area contributed by atoms with E-state index in [0.29, 0.717) is 29.2 Å². The maximum atomic E-state index is 13.0. The summed E-state index contributed by atoms with van der Waals surface area (Å²) in [6, 6.07) is 13.4. The predicted octanol–water partition coefficient (Wildman–Crippen LogP) is 4.66. The normalized spacial score (nSPS) is 17.7. The number of phenolic OH excluding ortho intramolecular Hbond substituents is 1. The van der Waals surface area contributed by atoms with Crippen LogP contribution in [0.4, 0.5) is 0 Å². The van der Waals surface area contributed by atoms with Crippen molar-refractivity contribution in [3.05, 3.63) is 88.3 Å². The van der Waals surface area contributed by atoms with E-state index in [-0.39, 0.29) is 28.6 Å². The number of ether oxygens (including phenoxy) is 1. The van der Waals surface area contributed by atoms with E-state index in [0.717, 1.165) is 0 Å². The molecule has 1 aliphatic rings. The molecule has 164 valence electrons. The minimum atomic E-state index is -0.926. The minimum absolute atomic E-state index is 0.0147. The number of phenols is 1. The summed E-state index contributed by atoms with van der Waals surface area (Å²) in [5, 5.41) is 20.9. The zero-order valence-electron chi connectivity index (χ0n) is 17.1. The van der Waals surface area contributed by atoms with E-state index in [1.165, 1.54) is 23.3 Å². The van der Waals surface area contributed by atoms with Crippen LogP contribution >= 0.6 is 11.6 Å². The van der Waals surface area contributed by atoms with Crippen LogP contribution in [0.2, 0.25) is 5.02 Å². The SMILES string of the molecule is CCOc1ccc(/C(O)=C2/C(=O)C(=O)N(Cc3ccco3)C2c2ccc(O)c(Cl)c2)cc1. The van der Waals surface area contributed by atoms with Crippen LogP contribution in [0.5, 0.6) is 11.5 Å².